The van der Waals surface area contributed by atoms with Crippen molar-refractivity contribution in [3.8, 4) is 0 Å². The first-order valence-corrected chi connectivity index (χ1v) is 8.48. The monoisotopic (exact) mass is 315 g/mol. The molecular weight excluding hydrogens is 282 g/mol. The molecule has 0 aromatic carbocycles. The average molecular weight is 315 g/mol. The van der Waals surface area contributed by atoms with Gasteiger partial charge in [-0.25, -0.2) is 4.79 Å². The van der Waals surface area contributed by atoms with Crippen molar-refractivity contribution in [3.63, 3.8) is 0 Å². The zero-order valence-electron chi connectivity index (χ0n) is 14.9. The van der Waals surface area contributed by atoms with E-state index in [1.807, 2.05) is 20.8 Å². The maximum Gasteiger partial charge on any atom is 0.410 e. The minimum absolute atomic E-state index is 0.0937. The lowest BCUT2D eigenvalue weighted by Gasteiger charge is -2.33. The molecule has 1 heterocycles. The number of likely N-dealkylation sites (tertiary alicyclic amines) is 1. The van der Waals surface area contributed by atoms with Gasteiger partial charge in [0.25, 0.3) is 0 Å². The maximum absolute atomic E-state index is 12.0. The van der Waals surface area contributed by atoms with Crippen molar-refractivity contribution in [2.45, 2.75) is 71.7 Å². The van der Waals surface area contributed by atoms with Gasteiger partial charge in [0.05, 0.1) is 6.61 Å². The number of amides is 1. The maximum atomic E-state index is 12.0. The summed E-state index contributed by atoms with van der Waals surface area (Å²) in [5.41, 5.74) is -0.429. The molecule has 0 aliphatic carbocycles. The summed E-state index contributed by atoms with van der Waals surface area (Å²) in [6, 6.07) is 0. The average Bonchev–Trinajstić information content (AvgIpc) is 2.46. The molecule has 0 aromatic heterocycles. The molecule has 0 aromatic rings. The van der Waals surface area contributed by atoms with Gasteiger partial charge in [-0.3, -0.25) is 0 Å². The molecule has 1 saturated heterocycles. The van der Waals surface area contributed by atoms with Crippen LogP contribution in [0, 0.1) is 5.92 Å². The molecular formula is C17H33NO4. The van der Waals surface area contributed by atoms with Gasteiger partial charge in [-0.15, -0.1) is 0 Å². The summed E-state index contributed by atoms with van der Waals surface area (Å²) < 4.78 is 16.6. The largest absolute Gasteiger partial charge is 0.444 e. The summed E-state index contributed by atoms with van der Waals surface area (Å²) in [4.78, 5) is 13.8. The topological polar surface area (TPSA) is 48.0 Å². The Balaban J connectivity index is 2.26. The van der Waals surface area contributed by atoms with Crippen molar-refractivity contribution in [3.05, 3.63) is 0 Å². The standard InChI is InChI=1S/C17H33NO4/c1-6-7-8-15(20-5)21-13-14-9-11-18(12-10-14)16(19)22-17(2,3)4/h14-15H,6-13H2,1-5H3. The second-order valence-corrected chi connectivity index (χ2v) is 7.05. The number of nitrogens with zero attached hydrogens (tertiary/aromatic N) is 1. The van der Waals surface area contributed by atoms with Crippen LogP contribution in [-0.4, -0.2) is 49.7 Å². The smallest absolute Gasteiger partial charge is 0.410 e. The first-order valence-electron chi connectivity index (χ1n) is 8.48. The van der Waals surface area contributed by atoms with E-state index in [0.717, 1.165) is 45.2 Å². The van der Waals surface area contributed by atoms with E-state index in [2.05, 4.69) is 6.92 Å². The summed E-state index contributed by atoms with van der Waals surface area (Å²) in [5.74, 6) is 0.498. The van der Waals surface area contributed by atoms with Gasteiger partial charge in [0, 0.05) is 20.2 Å². The Bertz CT molecular complexity index is 319. The fraction of sp³-hybridized carbons (Fsp3) is 0.941. The normalized spacial score (nSPS) is 18.3. The van der Waals surface area contributed by atoms with Crippen LogP contribution in [0.2, 0.25) is 0 Å². The lowest BCUT2D eigenvalue weighted by molar-refractivity contribution is -0.139. The zero-order chi connectivity index (χ0) is 16.6. The number of unbranched alkanes of at least 4 members (excludes halogenated alkanes) is 1. The summed E-state index contributed by atoms with van der Waals surface area (Å²) in [7, 11) is 1.70. The number of carbonyl (C=O) groups excluding carboxylic acids is 1. The number of hydrogen-bond donors (Lipinski definition) is 0. The molecule has 5 heteroatoms. The molecule has 0 N–H and O–H groups in total. The van der Waals surface area contributed by atoms with Crippen LogP contribution < -0.4 is 0 Å². The number of ether oxygens (including phenoxy) is 3. The molecule has 0 saturated carbocycles. The highest BCUT2D eigenvalue weighted by Gasteiger charge is 2.27. The van der Waals surface area contributed by atoms with Gasteiger partial charge in [0.2, 0.25) is 0 Å². The lowest BCUT2D eigenvalue weighted by Crippen LogP contribution is -2.42. The molecule has 1 aliphatic rings. The van der Waals surface area contributed by atoms with Crippen LogP contribution in [0.3, 0.4) is 0 Å². The summed E-state index contributed by atoms with van der Waals surface area (Å²) in [5, 5.41) is 0. The summed E-state index contributed by atoms with van der Waals surface area (Å²) >= 11 is 0. The first-order chi connectivity index (χ1) is 10.4. The molecule has 1 amide bonds. The van der Waals surface area contributed by atoms with Crippen LogP contribution in [-0.2, 0) is 14.2 Å². The van der Waals surface area contributed by atoms with E-state index in [4.69, 9.17) is 14.2 Å². The van der Waals surface area contributed by atoms with Gasteiger partial charge in [-0.05, 0) is 52.4 Å². The third kappa shape index (κ3) is 7.45. The van der Waals surface area contributed by atoms with Crippen LogP contribution >= 0.6 is 0 Å². The van der Waals surface area contributed by atoms with Gasteiger partial charge < -0.3 is 19.1 Å². The molecule has 1 aliphatic heterocycles. The predicted molar refractivity (Wildman–Crippen MR) is 86.8 cm³/mol. The molecule has 1 unspecified atom stereocenters. The highest BCUT2D eigenvalue weighted by molar-refractivity contribution is 5.68. The molecule has 130 valence electrons. The Morgan fingerprint density at radius 2 is 1.91 bits per heavy atom. The van der Waals surface area contributed by atoms with Crippen molar-refractivity contribution in [2.24, 2.45) is 5.92 Å². The minimum atomic E-state index is -0.429. The van der Waals surface area contributed by atoms with Crippen LogP contribution in [0.1, 0.15) is 59.8 Å². The minimum Gasteiger partial charge on any atom is -0.444 e. The SMILES string of the molecule is CCCCC(OC)OCC1CCN(C(=O)OC(C)(C)C)CC1. The summed E-state index contributed by atoms with van der Waals surface area (Å²) in [6.45, 7) is 10.1. The van der Waals surface area contributed by atoms with Crippen LogP contribution in [0.15, 0.2) is 0 Å². The van der Waals surface area contributed by atoms with Gasteiger partial charge in [0.15, 0.2) is 6.29 Å². The molecule has 5 nitrogen and oxygen atoms in total. The molecule has 0 radical (unpaired) electrons. The quantitative estimate of drug-likeness (QED) is 0.670. The molecule has 0 spiro atoms. The fourth-order valence-electron chi connectivity index (χ4n) is 2.49. The van der Waals surface area contributed by atoms with Crippen molar-refractivity contribution in [2.75, 3.05) is 26.8 Å². The van der Waals surface area contributed by atoms with Gasteiger partial charge in [-0.2, -0.15) is 0 Å². The van der Waals surface area contributed by atoms with Gasteiger partial charge >= 0.3 is 6.09 Å². The van der Waals surface area contributed by atoms with E-state index in [0.29, 0.717) is 12.5 Å². The fourth-order valence-corrected chi connectivity index (χ4v) is 2.49. The van der Waals surface area contributed by atoms with E-state index < -0.39 is 5.60 Å². The third-order valence-electron chi connectivity index (χ3n) is 3.84. The lowest BCUT2D eigenvalue weighted by atomic mass is 9.98. The molecule has 0 bridgehead atoms. The van der Waals surface area contributed by atoms with Crippen molar-refractivity contribution >= 4 is 6.09 Å². The second-order valence-electron chi connectivity index (χ2n) is 7.05. The molecule has 1 atom stereocenters. The number of carbonyl (C=O) groups is 1. The highest BCUT2D eigenvalue weighted by Crippen LogP contribution is 2.21. The Kier molecular flexibility index (Phi) is 8.18. The second kappa shape index (κ2) is 9.36. The highest BCUT2D eigenvalue weighted by atomic mass is 16.7. The van der Waals surface area contributed by atoms with Crippen LogP contribution in [0.25, 0.3) is 0 Å². The molecule has 1 rings (SSSR count). The van der Waals surface area contributed by atoms with Crippen molar-refractivity contribution in [1.82, 2.24) is 4.90 Å². The Hall–Kier alpha value is -0.810. The van der Waals surface area contributed by atoms with E-state index >= 15 is 0 Å². The van der Waals surface area contributed by atoms with E-state index in [1.165, 1.54) is 0 Å². The Morgan fingerprint density at radius 3 is 2.41 bits per heavy atom. The van der Waals surface area contributed by atoms with Gasteiger partial charge in [-0.1, -0.05) is 13.3 Å². The number of rotatable bonds is 7. The van der Waals surface area contributed by atoms with E-state index in [-0.39, 0.29) is 12.4 Å². The predicted octanol–water partition coefficient (Wildman–Crippen LogP) is 3.81. The molecule has 22 heavy (non-hydrogen) atoms. The Labute approximate surface area is 135 Å². The van der Waals surface area contributed by atoms with Crippen molar-refractivity contribution in [1.29, 1.82) is 0 Å². The molecule has 1 fully saturated rings. The van der Waals surface area contributed by atoms with E-state index in [9.17, 15) is 4.79 Å². The van der Waals surface area contributed by atoms with Crippen LogP contribution in [0.4, 0.5) is 4.79 Å². The third-order valence-corrected chi connectivity index (χ3v) is 3.84. The first kappa shape index (κ1) is 19.2. The number of hydrogen-bond acceptors (Lipinski definition) is 4. The zero-order valence-corrected chi connectivity index (χ0v) is 14.9. The van der Waals surface area contributed by atoms with Crippen molar-refractivity contribution < 1.29 is 19.0 Å². The van der Waals surface area contributed by atoms with Gasteiger partial charge in [0.1, 0.15) is 5.60 Å². The Morgan fingerprint density at radius 1 is 1.27 bits per heavy atom. The summed E-state index contributed by atoms with van der Waals surface area (Å²) in [6.07, 6.45) is 4.84. The van der Waals surface area contributed by atoms with Crippen LogP contribution in [0.5, 0.6) is 0 Å². The van der Waals surface area contributed by atoms with E-state index in [1.54, 1.807) is 12.0 Å². The number of methoxy groups -OCH3 is 1. The number of piperidine rings is 1.